The van der Waals surface area contributed by atoms with E-state index in [9.17, 15) is 0 Å². The van der Waals surface area contributed by atoms with E-state index in [1.807, 2.05) is 0 Å². The van der Waals surface area contributed by atoms with Crippen LogP contribution in [-0.4, -0.2) is 13.1 Å². The van der Waals surface area contributed by atoms with Crippen molar-refractivity contribution in [3.8, 4) is 0 Å². The Hall–Kier alpha value is -0.300. The minimum absolute atomic E-state index is 0.631. The highest BCUT2D eigenvalue weighted by atomic mass is 14.9. The van der Waals surface area contributed by atoms with E-state index in [4.69, 9.17) is 0 Å². The van der Waals surface area contributed by atoms with Crippen LogP contribution < -0.4 is 5.32 Å². The van der Waals surface area contributed by atoms with Crippen molar-refractivity contribution < 1.29 is 0 Å². The SMILES string of the molecule is C=CC(CC(C)CCCC)C(NC)C1CCCCC1C. The quantitative estimate of drug-likeness (QED) is 0.556. The zero-order valence-corrected chi connectivity index (χ0v) is 14.3. The lowest BCUT2D eigenvalue weighted by Gasteiger charge is -2.39. The van der Waals surface area contributed by atoms with Crippen molar-refractivity contribution in [2.24, 2.45) is 23.7 Å². The lowest BCUT2D eigenvalue weighted by atomic mass is 9.71. The monoisotopic (exact) mass is 279 g/mol. The number of unbranched alkanes of at least 4 members (excludes halogenated alkanes) is 1. The molecule has 0 aliphatic heterocycles. The van der Waals surface area contributed by atoms with Crippen molar-refractivity contribution in [2.75, 3.05) is 7.05 Å². The highest BCUT2D eigenvalue weighted by molar-refractivity contribution is 4.95. The van der Waals surface area contributed by atoms with Crippen molar-refractivity contribution in [1.29, 1.82) is 0 Å². The maximum absolute atomic E-state index is 4.14. The molecule has 1 aliphatic carbocycles. The molecule has 1 rings (SSSR count). The Balaban J connectivity index is 2.61. The Morgan fingerprint density at radius 2 is 2.00 bits per heavy atom. The molecule has 0 spiro atoms. The minimum atomic E-state index is 0.631. The number of nitrogens with one attached hydrogen (secondary N) is 1. The highest BCUT2D eigenvalue weighted by Crippen LogP contribution is 2.36. The van der Waals surface area contributed by atoms with Crippen molar-refractivity contribution >= 4 is 0 Å². The molecule has 0 aromatic carbocycles. The molecule has 0 amide bonds. The fourth-order valence-electron chi connectivity index (χ4n) is 4.15. The number of rotatable bonds is 9. The van der Waals surface area contributed by atoms with E-state index in [1.54, 1.807) is 0 Å². The molecule has 1 nitrogen and oxygen atoms in total. The third-order valence-electron chi connectivity index (χ3n) is 5.46. The van der Waals surface area contributed by atoms with Crippen LogP contribution in [0.1, 0.15) is 72.1 Å². The highest BCUT2D eigenvalue weighted by Gasteiger charge is 2.32. The molecule has 1 fully saturated rings. The summed E-state index contributed by atoms with van der Waals surface area (Å²) in [5, 5.41) is 3.64. The van der Waals surface area contributed by atoms with Gasteiger partial charge in [-0.15, -0.1) is 6.58 Å². The smallest absolute Gasteiger partial charge is 0.0158 e. The topological polar surface area (TPSA) is 12.0 Å². The average molecular weight is 280 g/mol. The normalized spacial score (nSPS) is 27.8. The van der Waals surface area contributed by atoms with Crippen molar-refractivity contribution in [3.05, 3.63) is 12.7 Å². The largest absolute Gasteiger partial charge is 0.316 e. The van der Waals surface area contributed by atoms with Crippen LogP contribution in [0, 0.1) is 23.7 Å². The van der Waals surface area contributed by atoms with Gasteiger partial charge in [-0.05, 0) is 43.6 Å². The lowest BCUT2D eigenvalue weighted by Crippen LogP contribution is -2.43. The molecule has 1 aliphatic rings. The van der Waals surface area contributed by atoms with Gasteiger partial charge in [-0.3, -0.25) is 0 Å². The van der Waals surface area contributed by atoms with Gasteiger partial charge in [0.25, 0.3) is 0 Å². The lowest BCUT2D eigenvalue weighted by molar-refractivity contribution is 0.161. The predicted molar refractivity (Wildman–Crippen MR) is 91.0 cm³/mol. The van der Waals surface area contributed by atoms with Crippen molar-refractivity contribution in [3.63, 3.8) is 0 Å². The first-order chi connectivity index (χ1) is 9.63. The average Bonchev–Trinajstić information content (AvgIpc) is 2.46. The summed E-state index contributed by atoms with van der Waals surface area (Å²) in [6.45, 7) is 11.3. The van der Waals surface area contributed by atoms with Crippen LogP contribution in [0.2, 0.25) is 0 Å². The fourth-order valence-corrected chi connectivity index (χ4v) is 4.15. The van der Waals surface area contributed by atoms with Crippen LogP contribution in [0.5, 0.6) is 0 Å². The molecule has 0 bridgehead atoms. The molecular weight excluding hydrogens is 242 g/mol. The molecule has 0 heterocycles. The van der Waals surface area contributed by atoms with E-state index in [0.717, 1.165) is 17.8 Å². The van der Waals surface area contributed by atoms with Gasteiger partial charge in [-0.2, -0.15) is 0 Å². The molecule has 0 saturated heterocycles. The molecule has 1 heteroatoms. The fraction of sp³-hybridized carbons (Fsp3) is 0.895. The summed E-state index contributed by atoms with van der Waals surface area (Å²) in [6, 6.07) is 0.631. The molecule has 1 N–H and O–H groups in total. The van der Waals surface area contributed by atoms with Crippen LogP contribution in [-0.2, 0) is 0 Å². The van der Waals surface area contributed by atoms with E-state index < -0.39 is 0 Å². The summed E-state index contributed by atoms with van der Waals surface area (Å²) in [7, 11) is 2.15. The van der Waals surface area contributed by atoms with E-state index >= 15 is 0 Å². The summed E-state index contributed by atoms with van der Waals surface area (Å²) < 4.78 is 0. The molecule has 0 aromatic rings. The summed E-state index contributed by atoms with van der Waals surface area (Å²) in [5.41, 5.74) is 0. The Morgan fingerprint density at radius 1 is 1.30 bits per heavy atom. The maximum atomic E-state index is 4.14. The molecule has 5 unspecified atom stereocenters. The Bertz CT molecular complexity index is 260. The van der Waals surface area contributed by atoms with Gasteiger partial charge in [0.05, 0.1) is 0 Å². The van der Waals surface area contributed by atoms with Gasteiger partial charge < -0.3 is 5.32 Å². The zero-order valence-electron chi connectivity index (χ0n) is 14.3. The number of hydrogen-bond acceptors (Lipinski definition) is 1. The van der Waals surface area contributed by atoms with E-state index in [0.29, 0.717) is 12.0 Å². The molecule has 0 radical (unpaired) electrons. The first-order valence-electron chi connectivity index (χ1n) is 8.93. The van der Waals surface area contributed by atoms with Gasteiger partial charge in [-0.1, -0.05) is 65.4 Å². The first kappa shape index (κ1) is 17.8. The molecule has 20 heavy (non-hydrogen) atoms. The van der Waals surface area contributed by atoms with Gasteiger partial charge in [-0.25, -0.2) is 0 Å². The molecule has 118 valence electrons. The van der Waals surface area contributed by atoms with E-state index in [2.05, 4.69) is 45.8 Å². The van der Waals surface area contributed by atoms with Crippen LogP contribution in [0.3, 0.4) is 0 Å². The van der Waals surface area contributed by atoms with Gasteiger partial charge >= 0.3 is 0 Å². The van der Waals surface area contributed by atoms with Crippen LogP contribution >= 0.6 is 0 Å². The third-order valence-corrected chi connectivity index (χ3v) is 5.46. The summed E-state index contributed by atoms with van der Waals surface area (Å²) in [4.78, 5) is 0. The van der Waals surface area contributed by atoms with Gasteiger partial charge in [0, 0.05) is 6.04 Å². The predicted octanol–water partition coefficient (Wildman–Crippen LogP) is 5.42. The van der Waals surface area contributed by atoms with Gasteiger partial charge in [0.2, 0.25) is 0 Å². The Labute approximate surface area is 127 Å². The first-order valence-corrected chi connectivity index (χ1v) is 8.93. The second kappa shape index (κ2) is 9.60. The minimum Gasteiger partial charge on any atom is -0.316 e. The van der Waals surface area contributed by atoms with Crippen LogP contribution in [0.25, 0.3) is 0 Å². The van der Waals surface area contributed by atoms with Gasteiger partial charge in [0.15, 0.2) is 0 Å². The molecule has 0 aromatic heterocycles. The summed E-state index contributed by atoms with van der Waals surface area (Å²) >= 11 is 0. The van der Waals surface area contributed by atoms with Crippen LogP contribution in [0.4, 0.5) is 0 Å². The second-order valence-electron chi connectivity index (χ2n) is 7.12. The number of hydrogen-bond donors (Lipinski definition) is 1. The standard InChI is InChI=1S/C19H37N/c1-6-8-11-15(3)14-17(7-2)19(20-5)18-13-10-9-12-16(18)4/h7,15-20H,2,6,8-14H2,1,3-5H3. The Kier molecular flexibility index (Phi) is 8.52. The summed E-state index contributed by atoms with van der Waals surface area (Å²) in [5.74, 6) is 3.18. The Morgan fingerprint density at radius 3 is 2.55 bits per heavy atom. The second-order valence-corrected chi connectivity index (χ2v) is 7.12. The van der Waals surface area contributed by atoms with E-state index in [1.165, 1.54) is 51.4 Å². The zero-order chi connectivity index (χ0) is 15.0. The molecular formula is C19H37N. The third kappa shape index (κ3) is 5.24. The van der Waals surface area contributed by atoms with Crippen LogP contribution in [0.15, 0.2) is 12.7 Å². The molecule has 5 atom stereocenters. The van der Waals surface area contributed by atoms with E-state index in [-0.39, 0.29) is 0 Å². The van der Waals surface area contributed by atoms with Gasteiger partial charge in [0.1, 0.15) is 0 Å². The van der Waals surface area contributed by atoms with Crippen molar-refractivity contribution in [2.45, 2.75) is 78.2 Å². The molecule has 1 saturated carbocycles. The summed E-state index contributed by atoms with van der Waals surface area (Å²) in [6.07, 6.45) is 13.3. The maximum Gasteiger partial charge on any atom is 0.0158 e. The van der Waals surface area contributed by atoms with Crippen molar-refractivity contribution in [1.82, 2.24) is 5.32 Å².